The Morgan fingerprint density at radius 3 is 2.95 bits per heavy atom. The predicted octanol–water partition coefficient (Wildman–Crippen LogP) is 0.829. The molecule has 0 aliphatic carbocycles. The van der Waals surface area contributed by atoms with Gasteiger partial charge in [0.15, 0.2) is 0 Å². The highest BCUT2D eigenvalue weighted by atomic mass is 32.2. The van der Waals surface area contributed by atoms with E-state index in [-0.39, 0.29) is 0 Å². The fraction of sp³-hybridized carbons (Fsp3) is 0.308. The van der Waals surface area contributed by atoms with Gasteiger partial charge in [-0.1, -0.05) is 0 Å². The maximum absolute atomic E-state index is 11.7. The smallest absolute Gasteiger partial charge is 0.236 e. The van der Waals surface area contributed by atoms with Crippen molar-refractivity contribution in [3.63, 3.8) is 0 Å². The van der Waals surface area contributed by atoms with Crippen LogP contribution < -0.4 is 10.1 Å². The number of aliphatic imine (C=N–C) groups is 1. The molecule has 0 radical (unpaired) electrons. The molecule has 0 unspecified atom stereocenters. The van der Waals surface area contributed by atoms with Gasteiger partial charge in [0.25, 0.3) is 0 Å². The van der Waals surface area contributed by atoms with Gasteiger partial charge in [-0.15, -0.1) is 0 Å². The number of aromatic nitrogens is 1. The Labute approximate surface area is 117 Å². The van der Waals surface area contributed by atoms with Crippen LogP contribution >= 0.6 is 0 Å². The molecular formula is C13H15N3O3S. The molecule has 1 N–H and O–H groups in total. The summed E-state index contributed by atoms with van der Waals surface area (Å²) in [5.74, 6) is 1.45. The number of fused-ring (bicyclic) bond motifs is 1. The number of nitrogens with zero attached hydrogens (tertiary/aromatic N) is 2. The maximum Gasteiger partial charge on any atom is 0.236 e. The molecule has 0 atom stereocenters. The molecule has 1 aliphatic heterocycles. The Morgan fingerprint density at radius 1 is 1.40 bits per heavy atom. The van der Waals surface area contributed by atoms with Crippen LogP contribution in [0.1, 0.15) is 0 Å². The zero-order chi connectivity index (χ0) is 14.2. The zero-order valence-electron chi connectivity index (χ0n) is 11.0. The average Bonchev–Trinajstić information content (AvgIpc) is 3.04. The molecule has 3 rings (SSSR count). The first-order chi connectivity index (χ1) is 9.54. The Balaban J connectivity index is 1.89. The fourth-order valence-electron chi connectivity index (χ4n) is 2.16. The largest absolute Gasteiger partial charge is 0.486 e. The highest BCUT2D eigenvalue weighted by molar-refractivity contribution is 7.89. The number of nitrogens with one attached hydrogen (secondary N) is 1. The van der Waals surface area contributed by atoms with E-state index < -0.39 is 10.0 Å². The molecule has 1 aliphatic rings. The standard InChI is InChI=1S/C13H15N3O3S/c1-20(17,18)16-7-4-10-2-3-11(8-12(10)16)19-9-13-14-5-6-15-13/h2-4,7-8H,5-6,9H2,1H3,(H,14,15). The molecule has 7 heteroatoms. The van der Waals surface area contributed by atoms with E-state index in [4.69, 9.17) is 4.74 Å². The molecule has 1 aromatic heterocycles. The van der Waals surface area contributed by atoms with E-state index in [1.807, 2.05) is 12.1 Å². The van der Waals surface area contributed by atoms with Gasteiger partial charge in [0.05, 0.1) is 18.3 Å². The zero-order valence-corrected chi connectivity index (χ0v) is 11.9. The van der Waals surface area contributed by atoms with E-state index in [1.165, 1.54) is 10.2 Å². The summed E-state index contributed by atoms with van der Waals surface area (Å²) < 4.78 is 30.2. The molecular weight excluding hydrogens is 278 g/mol. The molecule has 6 nitrogen and oxygen atoms in total. The average molecular weight is 293 g/mol. The third-order valence-corrected chi connectivity index (χ3v) is 4.14. The van der Waals surface area contributed by atoms with Crippen molar-refractivity contribution in [2.75, 3.05) is 26.0 Å². The molecule has 0 bridgehead atoms. The highest BCUT2D eigenvalue weighted by Crippen LogP contribution is 2.23. The second kappa shape index (κ2) is 4.82. The summed E-state index contributed by atoms with van der Waals surface area (Å²) in [6.07, 6.45) is 2.73. The van der Waals surface area contributed by atoms with Crippen molar-refractivity contribution in [3.8, 4) is 5.75 Å². The van der Waals surface area contributed by atoms with Crippen molar-refractivity contribution in [1.29, 1.82) is 0 Å². The van der Waals surface area contributed by atoms with Gasteiger partial charge >= 0.3 is 0 Å². The molecule has 0 saturated carbocycles. The van der Waals surface area contributed by atoms with Gasteiger partial charge in [-0.25, -0.2) is 12.4 Å². The van der Waals surface area contributed by atoms with E-state index in [9.17, 15) is 8.42 Å². The number of benzene rings is 1. The number of amidine groups is 1. The van der Waals surface area contributed by atoms with Crippen LogP contribution in [-0.2, 0) is 10.0 Å². The molecule has 0 fully saturated rings. The molecule has 0 spiro atoms. The Morgan fingerprint density at radius 2 is 2.25 bits per heavy atom. The molecule has 20 heavy (non-hydrogen) atoms. The third-order valence-electron chi connectivity index (χ3n) is 3.11. The van der Waals surface area contributed by atoms with Crippen LogP contribution in [0.25, 0.3) is 10.9 Å². The van der Waals surface area contributed by atoms with Gasteiger partial charge in [0.2, 0.25) is 10.0 Å². The van der Waals surface area contributed by atoms with E-state index in [2.05, 4.69) is 10.3 Å². The summed E-state index contributed by atoms with van der Waals surface area (Å²) in [7, 11) is -3.31. The van der Waals surface area contributed by atoms with Crippen LogP contribution in [0.3, 0.4) is 0 Å². The quantitative estimate of drug-likeness (QED) is 0.906. The summed E-state index contributed by atoms with van der Waals surface area (Å²) in [5.41, 5.74) is 0.617. The highest BCUT2D eigenvalue weighted by Gasteiger charge is 2.11. The van der Waals surface area contributed by atoms with Crippen LogP contribution in [0.15, 0.2) is 35.5 Å². The molecule has 0 saturated heterocycles. The van der Waals surface area contributed by atoms with Crippen molar-refractivity contribution in [3.05, 3.63) is 30.5 Å². The second-order valence-electron chi connectivity index (χ2n) is 4.64. The van der Waals surface area contributed by atoms with Crippen LogP contribution in [0, 0.1) is 0 Å². The first-order valence-corrected chi connectivity index (χ1v) is 8.10. The van der Waals surface area contributed by atoms with Crippen molar-refractivity contribution in [1.82, 2.24) is 9.29 Å². The minimum atomic E-state index is -3.31. The summed E-state index contributed by atoms with van der Waals surface area (Å²) in [5, 5.41) is 3.98. The van der Waals surface area contributed by atoms with Crippen LogP contribution in [0.5, 0.6) is 5.75 Å². The maximum atomic E-state index is 11.7. The van der Waals surface area contributed by atoms with Crippen molar-refractivity contribution < 1.29 is 13.2 Å². The van der Waals surface area contributed by atoms with Crippen molar-refractivity contribution in [2.45, 2.75) is 0 Å². The molecule has 1 aromatic carbocycles. The Kier molecular flexibility index (Phi) is 3.13. The lowest BCUT2D eigenvalue weighted by atomic mass is 10.2. The van der Waals surface area contributed by atoms with Crippen LogP contribution in [0.4, 0.5) is 0 Å². The van der Waals surface area contributed by atoms with Gasteiger partial charge in [-0.3, -0.25) is 4.99 Å². The van der Waals surface area contributed by atoms with Crippen LogP contribution in [0.2, 0.25) is 0 Å². The van der Waals surface area contributed by atoms with Gasteiger partial charge in [-0.05, 0) is 18.2 Å². The molecule has 106 valence electrons. The lowest BCUT2D eigenvalue weighted by Gasteiger charge is -2.08. The normalized spacial score (nSPS) is 15.2. The lowest BCUT2D eigenvalue weighted by molar-refractivity contribution is 0.374. The summed E-state index contributed by atoms with van der Waals surface area (Å²) in [4.78, 5) is 4.24. The second-order valence-corrected chi connectivity index (χ2v) is 6.50. The monoisotopic (exact) mass is 293 g/mol. The van der Waals surface area contributed by atoms with Gasteiger partial charge in [0, 0.05) is 24.2 Å². The molecule has 2 aromatic rings. The summed E-state index contributed by atoms with van der Waals surface area (Å²) in [6.45, 7) is 1.98. The minimum Gasteiger partial charge on any atom is -0.486 e. The predicted molar refractivity (Wildman–Crippen MR) is 78.0 cm³/mol. The minimum absolute atomic E-state index is 0.366. The van der Waals surface area contributed by atoms with Crippen LogP contribution in [-0.4, -0.2) is 44.2 Å². The van der Waals surface area contributed by atoms with Gasteiger partial charge < -0.3 is 10.1 Å². The fourth-order valence-corrected chi connectivity index (χ4v) is 2.96. The Bertz CT molecular complexity index is 777. The summed E-state index contributed by atoms with van der Waals surface area (Å²) in [6, 6.07) is 7.16. The summed E-state index contributed by atoms with van der Waals surface area (Å²) >= 11 is 0. The van der Waals surface area contributed by atoms with Crippen molar-refractivity contribution in [2.24, 2.45) is 4.99 Å². The van der Waals surface area contributed by atoms with E-state index in [0.717, 1.165) is 24.3 Å². The van der Waals surface area contributed by atoms with Gasteiger partial charge in [-0.2, -0.15) is 0 Å². The lowest BCUT2D eigenvalue weighted by Crippen LogP contribution is -2.24. The van der Waals surface area contributed by atoms with Gasteiger partial charge in [0.1, 0.15) is 18.2 Å². The first-order valence-electron chi connectivity index (χ1n) is 6.26. The topological polar surface area (TPSA) is 72.7 Å². The van der Waals surface area contributed by atoms with E-state index in [1.54, 1.807) is 18.3 Å². The number of rotatable bonds is 4. The number of ether oxygens (including phenoxy) is 1. The molecule has 0 amide bonds. The van der Waals surface area contributed by atoms with E-state index in [0.29, 0.717) is 17.9 Å². The molecule has 2 heterocycles. The SMILES string of the molecule is CS(=O)(=O)n1ccc2ccc(OCC3=NCCN3)cc21. The third kappa shape index (κ3) is 2.49. The van der Waals surface area contributed by atoms with Crippen molar-refractivity contribution >= 4 is 26.8 Å². The number of hydrogen-bond donors (Lipinski definition) is 1. The first kappa shape index (κ1) is 13.0. The number of hydrogen-bond acceptors (Lipinski definition) is 5. The Hall–Kier alpha value is -2.02. The van der Waals surface area contributed by atoms with E-state index >= 15 is 0 Å².